The lowest BCUT2D eigenvalue weighted by molar-refractivity contribution is 0.0520. The summed E-state index contributed by atoms with van der Waals surface area (Å²) in [5.41, 5.74) is 0.124. The first-order valence-corrected chi connectivity index (χ1v) is 5.98. The molecule has 4 nitrogen and oxygen atoms in total. The molecule has 0 spiro atoms. The van der Waals surface area contributed by atoms with E-state index >= 15 is 0 Å². The van der Waals surface area contributed by atoms with Crippen molar-refractivity contribution in [3.8, 4) is 11.3 Å². The van der Waals surface area contributed by atoms with Crippen LogP contribution in [0.4, 0.5) is 4.39 Å². The quantitative estimate of drug-likeness (QED) is 0.815. The fraction of sp³-hybridized carbons (Fsp3) is 0.167. The van der Waals surface area contributed by atoms with Crippen LogP contribution in [0.15, 0.2) is 33.5 Å². The largest absolute Gasteiger partial charge is 0.461 e. The highest BCUT2D eigenvalue weighted by molar-refractivity contribution is 9.10. The van der Waals surface area contributed by atoms with Crippen LogP contribution in [0.25, 0.3) is 11.3 Å². The highest BCUT2D eigenvalue weighted by atomic mass is 79.9. The summed E-state index contributed by atoms with van der Waals surface area (Å²) in [5, 5.41) is 0. The molecule has 0 bridgehead atoms. The Bertz CT molecular complexity index is 582. The van der Waals surface area contributed by atoms with Crippen LogP contribution >= 0.6 is 15.9 Å². The number of nitrogens with zero attached hydrogens (tertiary/aromatic N) is 1. The van der Waals surface area contributed by atoms with Gasteiger partial charge in [-0.1, -0.05) is 15.9 Å². The van der Waals surface area contributed by atoms with Crippen molar-refractivity contribution in [1.82, 2.24) is 4.98 Å². The van der Waals surface area contributed by atoms with Crippen LogP contribution in [0, 0.1) is 5.82 Å². The van der Waals surface area contributed by atoms with Crippen molar-refractivity contribution in [3.05, 3.63) is 40.6 Å². The van der Waals surface area contributed by atoms with Gasteiger partial charge in [0.15, 0.2) is 17.8 Å². The van der Waals surface area contributed by atoms with E-state index in [2.05, 4.69) is 20.9 Å². The average Bonchev–Trinajstić information content (AvgIpc) is 2.81. The molecule has 6 heteroatoms. The van der Waals surface area contributed by atoms with Crippen molar-refractivity contribution in [2.45, 2.75) is 6.92 Å². The van der Waals surface area contributed by atoms with Crippen LogP contribution < -0.4 is 0 Å². The molecule has 0 aliphatic heterocycles. The summed E-state index contributed by atoms with van der Waals surface area (Å²) in [7, 11) is 0. The Labute approximate surface area is 111 Å². The zero-order valence-electron chi connectivity index (χ0n) is 9.44. The van der Waals surface area contributed by atoms with Crippen LogP contribution in [0.3, 0.4) is 0 Å². The SMILES string of the molecule is CCOC(=O)c1ncoc1-c1cc(Br)ccc1F. The van der Waals surface area contributed by atoms with Gasteiger partial charge in [-0.3, -0.25) is 0 Å². The molecule has 2 rings (SSSR count). The molecule has 1 heterocycles. The zero-order chi connectivity index (χ0) is 13.1. The van der Waals surface area contributed by atoms with Crippen molar-refractivity contribution < 1.29 is 18.3 Å². The second-order valence-corrected chi connectivity index (χ2v) is 4.29. The molecule has 1 aromatic heterocycles. The van der Waals surface area contributed by atoms with Crippen molar-refractivity contribution in [2.75, 3.05) is 6.61 Å². The predicted octanol–water partition coefficient (Wildman–Crippen LogP) is 3.42. The van der Waals surface area contributed by atoms with E-state index < -0.39 is 11.8 Å². The number of carbonyl (C=O) groups excluding carboxylic acids is 1. The Hall–Kier alpha value is -1.69. The van der Waals surface area contributed by atoms with Gasteiger partial charge >= 0.3 is 5.97 Å². The second kappa shape index (κ2) is 5.30. The number of esters is 1. The molecule has 94 valence electrons. The molecule has 0 saturated carbocycles. The van der Waals surface area contributed by atoms with Crippen molar-refractivity contribution >= 4 is 21.9 Å². The summed E-state index contributed by atoms with van der Waals surface area (Å²) in [6.07, 6.45) is 1.09. The van der Waals surface area contributed by atoms with Crippen LogP contribution in [0.2, 0.25) is 0 Å². The third kappa shape index (κ3) is 2.43. The summed E-state index contributed by atoms with van der Waals surface area (Å²) in [4.78, 5) is 15.4. The third-order valence-electron chi connectivity index (χ3n) is 2.21. The lowest BCUT2D eigenvalue weighted by Crippen LogP contribution is -2.06. The fourth-order valence-corrected chi connectivity index (χ4v) is 1.81. The van der Waals surface area contributed by atoms with Gasteiger partial charge in [0.1, 0.15) is 5.82 Å². The molecular weight excluding hydrogens is 305 g/mol. The highest BCUT2D eigenvalue weighted by Gasteiger charge is 2.21. The van der Waals surface area contributed by atoms with Crippen molar-refractivity contribution in [3.63, 3.8) is 0 Å². The Morgan fingerprint density at radius 1 is 1.56 bits per heavy atom. The van der Waals surface area contributed by atoms with Gasteiger partial charge in [-0.05, 0) is 25.1 Å². The van der Waals surface area contributed by atoms with Gasteiger partial charge in [-0.15, -0.1) is 0 Å². The Morgan fingerprint density at radius 2 is 2.33 bits per heavy atom. The van der Waals surface area contributed by atoms with E-state index in [1.54, 1.807) is 13.0 Å². The van der Waals surface area contributed by atoms with E-state index in [0.717, 1.165) is 6.39 Å². The van der Waals surface area contributed by atoms with Crippen LogP contribution in [0.5, 0.6) is 0 Å². The van der Waals surface area contributed by atoms with Gasteiger partial charge in [0.2, 0.25) is 0 Å². The molecule has 0 amide bonds. The number of rotatable bonds is 3. The maximum atomic E-state index is 13.7. The molecule has 1 aromatic carbocycles. The molecular formula is C12H9BrFNO3. The van der Waals surface area contributed by atoms with E-state index in [1.807, 2.05) is 0 Å². The first-order valence-electron chi connectivity index (χ1n) is 5.19. The molecule has 2 aromatic rings. The highest BCUT2D eigenvalue weighted by Crippen LogP contribution is 2.29. The number of halogens is 2. The number of ether oxygens (including phenoxy) is 1. The monoisotopic (exact) mass is 313 g/mol. The summed E-state index contributed by atoms with van der Waals surface area (Å²) in [6.45, 7) is 1.89. The summed E-state index contributed by atoms with van der Waals surface area (Å²) >= 11 is 3.23. The molecule has 18 heavy (non-hydrogen) atoms. The van der Waals surface area contributed by atoms with Crippen LogP contribution in [0.1, 0.15) is 17.4 Å². The molecule has 0 N–H and O–H groups in total. The van der Waals surface area contributed by atoms with E-state index in [1.165, 1.54) is 12.1 Å². The number of hydrogen-bond donors (Lipinski definition) is 0. The molecule has 0 aliphatic carbocycles. The first kappa shape index (κ1) is 12.8. The maximum absolute atomic E-state index is 13.7. The van der Waals surface area contributed by atoms with Gasteiger partial charge in [0, 0.05) is 4.47 Å². The normalized spacial score (nSPS) is 10.4. The van der Waals surface area contributed by atoms with Gasteiger partial charge in [-0.2, -0.15) is 0 Å². The molecule has 0 atom stereocenters. The molecule has 0 unspecified atom stereocenters. The number of aromatic nitrogens is 1. The van der Waals surface area contributed by atoms with E-state index in [9.17, 15) is 9.18 Å². The topological polar surface area (TPSA) is 52.3 Å². The summed E-state index contributed by atoms with van der Waals surface area (Å²) < 4.78 is 24.3. The van der Waals surface area contributed by atoms with E-state index in [0.29, 0.717) is 4.47 Å². The smallest absolute Gasteiger partial charge is 0.360 e. The number of benzene rings is 1. The van der Waals surface area contributed by atoms with E-state index in [4.69, 9.17) is 9.15 Å². The van der Waals surface area contributed by atoms with Gasteiger partial charge in [-0.25, -0.2) is 14.2 Å². The first-order chi connectivity index (χ1) is 8.63. The Morgan fingerprint density at radius 3 is 3.06 bits per heavy atom. The minimum Gasteiger partial charge on any atom is -0.461 e. The minimum atomic E-state index is -0.638. The standard InChI is InChI=1S/C12H9BrFNO3/c1-2-17-12(16)10-11(18-6-15-10)8-5-7(13)3-4-9(8)14/h3-6H,2H2,1H3. The molecule has 0 fully saturated rings. The number of oxazole rings is 1. The lowest BCUT2D eigenvalue weighted by Gasteiger charge is -2.03. The fourth-order valence-electron chi connectivity index (χ4n) is 1.45. The molecule has 0 saturated heterocycles. The third-order valence-corrected chi connectivity index (χ3v) is 2.70. The van der Waals surface area contributed by atoms with Crippen molar-refractivity contribution in [2.24, 2.45) is 0 Å². The predicted molar refractivity (Wildman–Crippen MR) is 65.6 cm³/mol. The van der Waals surface area contributed by atoms with Gasteiger partial charge in [0.05, 0.1) is 12.2 Å². The summed E-state index contributed by atoms with van der Waals surface area (Å²) in [6, 6.07) is 4.34. The molecule has 0 radical (unpaired) electrons. The van der Waals surface area contributed by atoms with Gasteiger partial charge < -0.3 is 9.15 Å². The number of hydrogen-bond acceptors (Lipinski definition) is 4. The summed E-state index contributed by atoms with van der Waals surface area (Å²) in [5.74, 6) is -1.08. The van der Waals surface area contributed by atoms with Crippen molar-refractivity contribution in [1.29, 1.82) is 0 Å². The van der Waals surface area contributed by atoms with Crippen LogP contribution in [-0.4, -0.2) is 17.6 Å². The maximum Gasteiger partial charge on any atom is 0.360 e. The molecule has 0 aliphatic rings. The minimum absolute atomic E-state index is 0.0335. The van der Waals surface area contributed by atoms with E-state index in [-0.39, 0.29) is 23.6 Å². The zero-order valence-corrected chi connectivity index (χ0v) is 11.0. The average molecular weight is 314 g/mol. The number of carbonyl (C=O) groups is 1. The second-order valence-electron chi connectivity index (χ2n) is 3.37. The Kier molecular flexibility index (Phi) is 3.76. The lowest BCUT2D eigenvalue weighted by atomic mass is 10.1. The Balaban J connectivity index is 2.48. The van der Waals surface area contributed by atoms with Crippen LogP contribution in [-0.2, 0) is 4.74 Å². The van der Waals surface area contributed by atoms with Gasteiger partial charge in [0.25, 0.3) is 0 Å².